The molecule has 6 heteroatoms. The molecule has 4 rings (SSSR count). The predicted molar refractivity (Wildman–Crippen MR) is 139 cm³/mol. The second kappa shape index (κ2) is 9.61. The topological polar surface area (TPSA) is 66.8 Å². The van der Waals surface area contributed by atoms with Crippen molar-refractivity contribution in [3.05, 3.63) is 100 Å². The summed E-state index contributed by atoms with van der Waals surface area (Å²) in [4.78, 5) is 28.1. The molecule has 1 atom stereocenters. The summed E-state index contributed by atoms with van der Waals surface area (Å²) in [7, 11) is 0. The average molecular weight is 488 g/mol. The van der Waals surface area contributed by atoms with Gasteiger partial charge in [0.25, 0.3) is 11.7 Å². The van der Waals surface area contributed by atoms with Gasteiger partial charge in [0.2, 0.25) is 0 Å². The Morgan fingerprint density at radius 2 is 1.64 bits per heavy atom. The van der Waals surface area contributed by atoms with Crippen LogP contribution in [0.1, 0.15) is 56.0 Å². The molecule has 0 saturated carbocycles. The van der Waals surface area contributed by atoms with Crippen LogP contribution in [-0.4, -0.2) is 23.4 Å². The van der Waals surface area contributed by atoms with E-state index in [1.165, 1.54) is 23.1 Å². The zero-order chi connectivity index (χ0) is 26.2. The first-order valence-corrected chi connectivity index (χ1v) is 11.9. The first-order chi connectivity index (χ1) is 17.0. The van der Waals surface area contributed by atoms with Crippen molar-refractivity contribution < 1.29 is 23.8 Å². The van der Waals surface area contributed by atoms with Crippen LogP contribution in [0, 0.1) is 12.7 Å². The van der Waals surface area contributed by atoms with Gasteiger partial charge in [-0.05, 0) is 78.4 Å². The summed E-state index contributed by atoms with van der Waals surface area (Å²) in [6, 6.07) is 17.8. The highest BCUT2D eigenvalue weighted by Gasteiger charge is 2.47. The third kappa shape index (κ3) is 4.63. The quantitative estimate of drug-likeness (QED) is 0.255. The molecule has 0 aromatic heterocycles. The summed E-state index contributed by atoms with van der Waals surface area (Å²) in [5.74, 6) is -1.66. The molecule has 0 spiro atoms. The molecule has 1 saturated heterocycles. The number of anilines is 1. The fraction of sp³-hybridized carbons (Fsp3) is 0.267. The van der Waals surface area contributed by atoms with E-state index in [0.717, 1.165) is 5.56 Å². The Morgan fingerprint density at radius 1 is 1.00 bits per heavy atom. The molecule has 3 aromatic rings. The summed E-state index contributed by atoms with van der Waals surface area (Å²) in [6.45, 7) is 10.3. The molecule has 5 nitrogen and oxygen atoms in total. The maximum Gasteiger partial charge on any atom is 0.300 e. The highest BCUT2D eigenvalue weighted by atomic mass is 19.1. The van der Waals surface area contributed by atoms with Gasteiger partial charge in [0.1, 0.15) is 17.3 Å². The number of nitrogens with zero attached hydrogens (tertiary/aromatic N) is 1. The molecule has 1 heterocycles. The highest BCUT2D eigenvalue weighted by molar-refractivity contribution is 6.51. The number of amides is 1. The van der Waals surface area contributed by atoms with Crippen LogP contribution < -0.4 is 9.64 Å². The first kappa shape index (κ1) is 25.2. The summed E-state index contributed by atoms with van der Waals surface area (Å²) in [5.41, 5.74) is 2.75. The average Bonchev–Trinajstić information content (AvgIpc) is 3.11. The van der Waals surface area contributed by atoms with Gasteiger partial charge in [-0.25, -0.2) is 4.39 Å². The minimum absolute atomic E-state index is 0.0385. The zero-order valence-corrected chi connectivity index (χ0v) is 21.1. The number of aliphatic hydroxyl groups is 1. The van der Waals surface area contributed by atoms with E-state index in [0.29, 0.717) is 29.2 Å². The fourth-order valence-corrected chi connectivity index (χ4v) is 4.40. The second-order valence-electron chi connectivity index (χ2n) is 9.93. The van der Waals surface area contributed by atoms with E-state index in [-0.39, 0.29) is 22.3 Å². The normalized spacial score (nSPS) is 17.5. The molecule has 3 aromatic carbocycles. The molecule has 1 aliphatic heterocycles. The lowest BCUT2D eigenvalue weighted by molar-refractivity contribution is -0.132. The fourth-order valence-electron chi connectivity index (χ4n) is 4.40. The van der Waals surface area contributed by atoms with Crippen molar-refractivity contribution in [2.24, 2.45) is 0 Å². The molecule has 0 aliphatic carbocycles. The van der Waals surface area contributed by atoms with E-state index in [2.05, 4.69) is 20.8 Å². The zero-order valence-electron chi connectivity index (χ0n) is 21.1. The van der Waals surface area contributed by atoms with Crippen LogP contribution in [0.3, 0.4) is 0 Å². The van der Waals surface area contributed by atoms with Gasteiger partial charge >= 0.3 is 0 Å². The molecule has 0 bridgehead atoms. The smallest absolute Gasteiger partial charge is 0.300 e. The second-order valence-corrected chi connectivity index (χ2v) is 9.93. The van der Waals surface area contributed by atoms with Gasteiger partial charge in [-0.3, -0.25) is 14.5 Å². The van der Waals surface area contributed by atoms with Crippen LogP contribution in [-0.2, 0) is 15.0 Å². The van der Waals surface area contributed by atoms with Crippen molar-refractivity contribution in [2.45, 2.75) is 46.1 Å². The molecule has 1 N–H and O–H groups in total. The Bertz CT molecular complexity index is 1330. The van der Waals surface area contributed by atoms with Crippen molar-refractivity contribution >= 4 is 23.1 Å². The Labute approximate surface area is 210 Å². The maximum atomic E-state index is 13.9. The number of halogens is 1. The van der Waals surface area contributed by atoms with Crippen molar-refractivity contribution in [1.82, 2.24) is 0 Å². The molecule has 36 heavy (non-hydrogen) atoms. The third-order valence-corrected chi connectivity index (χ3v) is 6.39. The Hall–Kier alpha value is -3.93. The Morgan fingerprint density at radius 3 is 2.19 bits per heavy atom. The number of Topliss-reactive ketones (excluding diaryl/α,β-unsaturated/α-hetero) is 1. The number of benzene rings is 3. The van der Waals surface area contributed by atoms with Gasteiger partial charge in [0, 0.05) is 11.3 Å². The predicted octanol–water partition coefficient (Wildman–Crippen LogP) is 6.46. The Balaban J connectivity index is 1.90. The molecular formula is C30H30FNO4. The largest absolute Gasteiger partial charge is 0.507 e. The molecule has 186 valence electrons. The van der Waals surface area contributed by atoms with Gasteiger partial charge in [-0.2, -0.15) is 0 Å². The minimum Gasteiger partial charge on any atom is -0.507 e. The Kier molecular flexibility index (Phi) is 6.72. The number of hydrogen-bond acceptors (Lipinski definition) is 4. The van der Waals surface area contributed by atoms with E-state index < -0.39 is 23.5 Å². The van der Waals surface area contributed by atoms with E-state index in [1.54, 1.807) is 31.2 Å². The summed E-state index contributed by atoms with van der Waals surface area (Å²) < 4.78 is 19.4. The van der Waals surface area contributed by atoms with E-state index in [9.17, 15) is 19.1 Å². The molecule has 1 fully saturated rings. The molecular weight excluding hydrogens is 457 g/mol. The van der Waals surface area contributed by atoms with Gasteiger partial charge in [0.05, 0.1) is 18.2 Å². The molecule has 1 amide bonds. The van der Waals surface area contributed by atoms with Crippen LogP contribution in [0.15, 0.2) is 72.3 Å². The van der Waals surface area contributed by atoms with E-state index in [4.69, 9.17) is 4.74 Å². The standard InChI is InChI=1S/C30H30FNO4/c1-6-36-23-14-12-22(13-15-23)32-26(19-7-10-21(11-8-19)30(3,4)5)25(28(34)29(32)35)27(33)20-9-16-24(31)18(2)17-20/h7-17,26,33H,6H2,1-5H3/b27-25-. The summed E-state index contributed by atoms with van der Waals surface area (Å²) in [5, 5.41) is 11.3. The molecule has 1 aliphatic rings. The minimum atomic E-state index is -0.859. The van der Waals surface area contributed by atoms with Crippen molar-refractivity contribution in [3.63, 3.8) is 0 Å². The number of rotatable bonds is 5. The number of carbonyl (C=O) groups excluding carboxylic acids is 2. The van der Waals surface area contributed by atoms with Gasteiger partial charge < -0.3 is 9.84 Å². The monoisotopic (exact) mass is 487 g/mol. The van der Waals surface area contributed by atoms with Crippen LogP contribution in [0.2, 0.25) is 0 Å². The number of hydrogen-bond donors (Lipinski definition) is 1. The van der Waals surface area contributed by atoms with Crippen molar-refractivity contribution in [1.29, 1.82) is 0 Å². The van der Waals surface area contributed by atoms with Gasteiger partial charge in [-0.1, -0.05) is 45.0 Å². The molecule has 0 radical (unpaired) electrons. The number of aryl methyl sites for hydroxylation is 1. The van der Waals surface area contributed by atoms with Gasteiger partial charge in [-0.15, -0.1) is 0 Å². The lowest BCUT2D eigenvalue weighted by atomic mass is 9.85. The molecule has 1 unspecified atom stereocenters. The van der Waals surface area contributed by atoms with Crippen LogP contribution in [0.25, 0.3) is 5.76 Å². The van der Waals surface area contributed by atoms with Crippen LogP contribution in [0.4, 0.5) is 10.1 Å². The van der Waals surface area contributed by atoms with Gasteiger partial charge in [0.15, 0.2) is 0 Å². The van der Waals surface area contributed by atoms with Crippen molar-refractivity contribution in [2.75, 3.05) is 11.5 Å². The van der Waals surface area contributed by atoms with Crippen molar-refractivity contribution in [3.8, 4) is 5.75 Å². The number of ether oxygens (including phenoxy) is 1. The third-order valence-electron chi connectivity index (χ3n) is 6.39. The summed E-state index contributed by atoms with van der Waals surface area (Å²) in [6.07, 6.45) is 0. The SMILES string of the molecule is CCOc1ccc(N2C(=O)C(=O)/C(=C(\O)c3ccc(F)c(C)c3)C2c2ccc(C(C)(C)C)cc2)cc1. The van der Waals surface area contributed by atoms with Crippen LogP contribution in [0.5, 0.6) is 5.75 Å². The lowest BCUT2D eigenvalue weighted by Crippen LogP contribution is -2.29. The highest BCUT2D eigenvalue weighted by Crippen LogP contribution is 2.43. The van der Waals surface area contributed by atoms with Crippen LogP contribution >= 0.6 is 0 Å². The number of aliphatic hydroxyl groups excluding tert-OH is 1. The summed E-state index contributed by atoms with van der Waals surface area (Å²) >= 11 is 0. The number of carbonyl (C=O) groups is 2. The first-order valence-electron chi connectivity index (χ1n) is 11.9. The maximum absolute atomic E-state index is 13.9. The number of ketones is 1. The van der Waals surface area contributed by atoms with E-state index >= 15 is 0 Å². The lowest BCUT2D eigenvalue weighted by Gasteiger charge is -2.27. The van der Waals surface area contributed by atoms with E-state index in [1.807, 2.05) is 31.2 Å².